The monoisotopic (exact) mass is 199 g/mol. The van der Waals surface area contributed by atoms with Crippen LogP contribution in [0.15, 0.2) is 35.9 Å². The van der Waals surface area contributed by atoms with Crippen LogP contribution in [0.1, 0.15) is 0 Å². The SMILES string of the molecule is CN(C/C=C/Cl)c1cccc(F)c1. The van der Waals surface area contributed by atoms with E-state index in [9.17, 15) is 4.39 Å². The van der Waals surface area contributed by atoms with Gasteiger partial charge < -0.3 is 4.90 Å². The molecule has 0 unspecified atom stereocenters. The first-order valence-corrected chi connectivity index (χ1v) is 4.39. The third-order valence-electron chi connectivity index (χ3n) is 1.72. The molecule has 1 aromatic carbocycles. The van der Waals surface area contributed by atoms with Gasteiger partial charge in [-0.3, -0.25) is 0 Å². The quantitative estimate of drug-likeness (QED) is 0.724. The van der Waals surface area contributed by atoms with E-state index in [1.165, 1.54) is 17.7 Å². The van der Waals surface area contributed by atoms with Gasteiger partial charge in [0, 0.05) is 24.8 Å². The average molecular weight is 200 g/mol. The predicted molar refractivity (Wildman–Crippen MR) is 54.7 cm³/mol. The summed E-state index contributed by atoms with van der Waals surface area (Å²) in [6.45, 7) is 0.674. The third-order valence-corrected chi connectivity index (χ3v) is 1.90. The summed E-state index contributed by atoms with van der Waals surface area (Å²) >= 11 is 5.38. The number of hydrogen-bond acceptors (Lipinski definition) is 1. The highest BCUT2D eigenvalue weighted by molar-refractivity contribution is 6.25. The van der Waals surface area contributed by atoms with Gasteiger partial charge in [0.05, 0.1) is 0 Å². The standard InChI is InChI=1S/C10H11ClFN/c1-13(7-3-6-11)10-5-2-4-9(12)8-10/h2-6,8H,7H2,1H3/b6-3+. The largest absolute Gasteiger partial charge is 0.371 e. The molecule has 70 valence electrons. The number of hydrogen-bond donors (Lipinski definition) is 0. The zero-order valence-electron chi connectivity index (χ0n) is 7.37. The van der Waals surface area contributed by atoms with Crippen molar-refractivity contribution >= 4 is 17.3 Å². The molecule has 0 aliphatic heterocycles. The molecular formula is C10H11ClFN. The normalized spacial score (nSPS) is 10.7. The highest BCUT2D eigenvalue weighted by Gasteiger charge is 1.98. The van der Waals surface area contributed by atoms with Crippen molar-refractivity contribution in [3.63, 3.8) is 0 Å². The summed E-state index contributed by atoms with van der Waals surface area (Å²) in [5.74, 6) is -0.223. The molecule has 0 heterocycles. The third kappa shape index (κ3) is 3.07. The Morgan fingerprint density at radius 3 is 2.92 bits per heavy atom. The van der Waals surface area contributed by atoms with Crippen molar-refractivity contribution in [1.82, 2.24) is 0 Å². The summed E-state index contributed by atoms with van der Waals surface area (Å²) in [7, 11) is 1.88. The summed E-state index contributed by atoms with van der Waals surface area (Å²) < 4.78 is 12.8. The lowest BCUT2D eigenvalue weighted by Crippen LogP contribution is -2.16. The second kappa shape index (κ2) is 4.87. The van der Waals surface area contributed by atoms with Gasteiger partial charge in [0.2, 0.25) is 0 Å². The van der Waals surface area contributed by atoms with Crippen molar-refractivity contribution in [2.75, 3.05) is 18.5 Å². The highest BCUT2D eigenvalue weighted by Crippen LogP contribution is 2.13. The van der Waals surface area contributed by atoms with E-state index in [1.54, 1.807) is 12.1 Å². The number of rotatable bonds is 3. The fourth-order valence-corrected chi connectivity index (χ4v) is 1.10. The Labute approximate surface area is 82.4 Å². The summed E-state index contributed by atoms with van der Waals surface area (Å²) in [5.41, 5.74) is 2.30. The molecule has 0 N–H and O–H groups in total. The van der Waals surface area contributed by atoms with Crippen molar-refractivity contribution in [1.29, 1.82) is 0 Å². The summed E-state index contributed by atoms with van der Waals surface area (Å²) in [4.78, 5) is 1.90. The molecular weight excluding hydrogens is 189 g/mol. The predicted octanol–water partition coefficient (Wildman–Crippen LogP) is 3.01. The number of nitrogens with zero attached hydrogens (tertiary/aromatic N) is 1. The Kier molecular flexibility index (Phi) is 3.77. The lowest BCUT2D eigenvalue weighted by Gasteiger charge is -2.16. The first kappa shape index (κ1) is 10.1. The zero-order chi connectivity index (χ0) is 9.68. The fraction of sp³-hybridized carbons (Fsp3) is 0.200. The van der Waals surface area contributed by atoms with Gasteiger partial charge in [-0.05, 0) is 18.2 Å². The molecule has 1 nitrogen and oxygen atoms in total. The Bertz CT molecular complexity index is 299. The Hall–Kier alpha value is -1.02. The van der Waals surface area contributed by atoms with Crippen LogP contribution in [0, 0.1) is 5.82 Å². The molecule has 0 spiro atoms. The minimum Gasteiger partial charge on any atom is -0.371 e. The minimum atomic E-state index is -0.223. The molecule has 0 radical (unpaired) electrons. The molecule has 1 aromatic rings. The molecule has 3 heteroatoms. The first-order chi connectivity index (χ1) is 6.24. The topological polar surface area (TPSA) is 3.24 Å². The zero-order valence-corrected chi connectivity index (χ0v) is 8.13. The van der Waals surface area contributed by atoms with Gasteiger partial charge in [-0.2, -0.15) is 0 Å². The second-order valence-corrected chi connectivity index (χ2v) is 2.97. The van der Waals surface area contributed by atoms with Crippen LogP contribution in [0.25, 0.3) is 0 Å². The molecule has 0 bridgehead atoms. The van der Waals surface area contributed by atoms with Crippen LogP contribution in [0.5, 0.6) is 0 Å². The fourth-order valence-electron chi connectivity index (χ4n) is 1.02. The van der Waals surface area contributed by atoms with Gasteiger partial charge in [0.15, 0.2) is 0 Å². The van der Waals surface area contributed by atoms with Gasteiger partial charge in [0.1, 0.15) is 5.82 Å². The molecule has 0 amide bonds. The number of anilines is 1. The highest BCUT2D eigenvalue weighted by atomic mass is 35.5. The summed E-state index contributed by atoms with van der Waals surface area (Å²) in [5, 5.41) is 0. The van der Waals surface area contributed by atoms with Crippen LogP contribution in [0.4, 0.5) is 10.1 Å². The molecule has 0 aliphatic rings. The van der Waals surface area contributed by atoms with E-state index in [4.69, 9.17) is 11.6 Å². The first-order valence-electron chi connectivity index (χ1n) is 3.96. The van der Waals surface area contributed by atoms with Crippen molar-refractivity contribution < 1.29 is 4.39 Å². The second-order valence-electron chi connectivity index (χ2n) is 2.72. The van der Waals surface area contributed by atoms with E-state index >= 15 is 0 Å². The van der Waals surface area contributed by atoms with Gasteiger partial charge in [-0.25, -0.2) is 4.39 Å². The maximum absolute atomic E-state index is 12.8. The summed E-state index contributed by atoms with van der Waals surface area (Å²) in [6, 6.07) is 6.45. The van der Waals surface area contributed by atoms with Crippen LogP contribution in [0.3, 0.4) is 0 Å². The van der Waals surface area contributed by atoms with Gasteiger partial charge in [-0.15, -0.1) is 0 Å². The lowest BCUT2D eigenvalue weighted by molar-refractivity contribution is 0.627. The van der Waals surface area contributed by atoms with Gasteiger partial charge >= 0.3 is 0 Å². The lowest BCUT2D eigenvalue weighted by atomic mass is 10.3. The van der Waals surface area contributed by atoms with Crippen molar-refractivity contribution in [2.45, 2.75) is 0 Å². The summed E-state index contributed by atoms with van der Waals surface area (Å²) in [6.07, 6.45) is 1.80. The van der Waals surface area contributed by atoms with Crippen LogP contribution in [-0.2, 0) is 0 Å². The number of halogens is 2. The van der Waals surface area contributed by atoms with E-state index in [0.29, 0.717) is 6.54 Å². The molecule has 0 fully saturated rings. The van der Waals surface area contributed by atoms with Crippen LogP contribution >= 0.6 is 11.6 Å². The van der Waals surface area contributed by atoms with E-state index in [1.807, 2.05) is 18.0 Å². The van der Waals surface area contributed by atoms with Crippen molar-refractivity contribution in [3.05, 3.63) is 41.7 Å². The van der Waals surface area contributed by atoms with E-state index in [2.05, 4.69) is 0 Å². The molecule has 0 atom stereocenters. The number of benzene rings is 1. The molecule has 0 aromatic heterocycles. The Balaban J connectivity index is 2.70. The van der Waals surface area contributed by atoms with Crippen LogP contribution in [0.2, 0.25) is 0 Å². The minimum absolute atomic E-state index is 0.223. The van der Waals surface area contributed by atoms with E-state index in [0.717, 1.165) is 5.69 Å². The smallest absolute Gasteiger partial charge is 0.125 e. The van der Waals surface area contributed by atoms with Crippen molar-refractivity contribution in [2.24, 2.45) is 0 Å². The maximum Gasteiger partial charge on any atom is 0.125 e. The molecule has 1 rings (SSSR count). The molecule has 0 aliphatic carbocycles. The van der Waals surface area contributed by atoms with Gasteiger partial charge in [0.25, 0.3) is 0 Å². The average Bonchev–Trinajstić information content (AvgIpc) is 2.14. The van der Waals surface area contributed by atoms with Crippen LogP contribution < -0.4 is 4.90 Å². The maximum atomic E-state index is 12.8. The number of likely N-dealkylation sites (N-methyl/N-ethyl adjacent to an activating group) is 1. The van der Waals surface area contributed by atoms with Crippen LogP contribution in [-0.4, -0.2) is 13.6 Å². The van der Waals surface area contributed by atoms with E-state index < -0.39 is 0 Å². The van der Waals surface area contributed by atoms with Gasteiger partial charge in [-0.1, -0.05) is 23.7 Å². The molecule has 0 saturated heterocycles. The van der Waals surface area contributed by atoms with E-state index in [-0.39, 0.29) is 5.82 Å². The Morgan fingerprint density at radius 2 is 2.31 bits per heavy atom. The molecule has 13 heavy (non-hydrogen) atoms. The van der Waals surface area contributed by atoms with Crippen molar-refractivity contribution in [3.8, 4) is 0 Å². The Morgan fingerprint density at radius 1 is 1.54 bits per heavy atom. The molecule has 0 saturated carbocycles.